The second-order valence-electron chi connectivity index (χ2n) is 4.38. The van der Waals surface area contributed by atoms with Crippen LogP contribution in [0.3, 0.4) is 0 Å². The van der Waals surface area contributed by atoms with Gasteiger partial charge in [0.15, 0.2) is 5.65 Å². The van der Waals surface area contributed by atoms with E-state index in [1.165, 1.54) is 5.56 Å². The molecule has 0 saturated carbocycles. The van der Waals surface area contributed by atoms with Crippen LogP contribution in [0.1, 0.15) is 37.0 Å². The lowest BCUT2D eigenvalue weighted by molar-refractivity contribution is 0.595. The normalized spacial score (nSPS) is 11.6. The Morgan fingerprint density at radius 2 is 1.80 bits per heavy atom. The second kappa shape index (κ2) is 3.33. The van der Waals surface area contributed by atoms with Crippen LogP contribution in [0.2, 0.25) is 0 Å². The Hall–Kier alpha value is -1.38. The number of hydrogen-bond acceptors (Lipinski definition) is 2. The Morgan fingerprint density at radius 3 is 2.40 bits per heavy atom. The van der Waals surface area contributed by atoms with Crippen molar-refractivity contribution in [1.82, 2.24) is 14.5 Å². The van der Waals surface area contributed by atoms with Crippen molar-refractivity contribution in [1.29, 1.82) is 0 Å². The van der Waals surface area contributed by atoms with E-state index in [0.29, 0.717) is 6.04 Å². The van der Waals surface area contributed by atoms with Gasteiger partial charge < -0.3 is 4.57 Å². The number of hydrogen-bond donors (Lipinski definition) is 0. The van der Waals surface area contributed by atoms with Gasteiger partial charge >= 0.3 is 0 Å². The fraction of sp³-hybridized carbons (Fsp3) is 0.500. The largest absolute Gasteiger partial charge is 0.310 e. The molecule has 15 heavy (non-hydrogen) atoms. The molecular weight excluding hydrogens is 186 g/mol. The van der Waals surface area contributed by atoms with Crippen LogP contribution in [0.15, 0.2) is 6.07 Å². The van der Waals surface area contributed by atoms with Crippen molar-refractivity contribution in [3.05, 3.63) is 23.1 Å². The fourth-order valence-corrected chi connectivity index (χ4v) is 2.10. The van der Waals surface area contributed by atoms with E-state index < -0.39 is 0 Å². The summed E-state index contributed by atoms with van der Waals surface area (Å²) < 4.78 is 2.19. The van der Waals surface area contributed by atoms with Crippen molar-refractivity contribution in [2.75, 3.05) is 0 Å². The van der Waals surface area contributed by atoms with Gasteiger partial charge in [-0.25, -0.2) is 9.97 Å². The molecule has 0 aliphatic rings. The number of nitrogens with zero attached hydrogens (tertiary/aromatic N) is 3. The van der Waals surface area contributed by atoms with Gasteiger partial charge in [0.25, 0.3) is 0 Å². The third kappa shape index (κ3) is 1.52. The van der Waals surface area contributed by atoms with Gasteiger partial charge in [-0.2, -0.15) is 0 Å². The topological polar surface area (TPSA) is 30.7 Å². The maximum atomic E-state index is 4.58. The fourth-order valence-electron chi connectivity index (χ4n) is 2.10. The number of fused-ring (bicyclic) bond motifs is 1. The molecule has 0 aromatic carbocycles. The number of aromatic nitrogens is 3. The van der Waals surface area contributed by atoms with Crippen molar-refractivity contribution in [2.24, 2.45) is 0 Å². The van der Waals surface area contributed by atoms with Crippen molar-refractivity contribution < 1.29 is 0 Å². The summed E-state index contributed by atoms with van der Waals surface area (Å²) in [5.41, 5.74) is 4.31. The predicted octanol–water partition coefficient (Wildman–Crippen LogP) is 2.94. The molecule has 2 aromatic heterocycles. The first-order chi connectivity index (χ1) is 7.00. The SMILES string of the molecule is Cc1cc(C)c2nc(C)n(C(C)C)c2n1. The molecule has 0 bridgehead atoms. The van der Waals surface area contributed by atoms with Gasteiger partial charge in [-0.3, -0.25) is 0 Å². The van der Waals surface area contributed by atoms with Gasteiger partial charge in [0.1, 0.15) is 11.3 Å². The van der Waals surface area contributed by atoms with Gasteiger partial charge in [-0.05, 0) is 46.2 Å². The average molecular weight is 203 g/mol. The molecule has 2 heterocycles. The number of aryl methyl sites for hydroxylation is 3. The molecule has 2 aromatic rings. The summed E-state index contributed by atoms with van der Waals surface area (Å²) in [6.45, 7) is 10.5. The van der Waals surface area contributed by atoms with E-state index in [4.69, 9.17) is 0 Å². The molecule has 0 spiro atoms. The van der Waals surface area contributed by atoms with Gasteiger partial charge in [0.2, 0.25) is 0 Å². The Kier molecular flexibility index (Phi) is 2.25. The minimum Gasteiger partial charge on any atom is -0.310 e. The van der Waals surface area contributed by atoms with Crippen molar-refractivity contribution >= 4 is 11.2 Å². The maximum Gasteiger partial charge on any atom is 0.160 e. The number of imidazole rings is 1. The minimum absolute atomic E-state index is 0.406. The van der Waals surface area contributed by atoms with E-state index in [1.807, 2.05) is 13.8 Å². The zero-order valence-corrected chi connectivity index (χ0v) is 10.00. The maximum absolute atomic E-state index is 4.58. The molecule has 3 heteroatoms. The monoisotopic (exact) mass is 203 g/mol. The van der Waals surface area contributed by atoms with Crippen LogP contribution in [-0.2, 0) is 0 Å². The summed E-state index contributed by atoms with van der Waals surface area (Å²) in [7, 11) is 0. The van der Waals surface area contributed by atoms with E-state index in [2.05, 4.69) is 41.4 Å². The third-order valence-electron chi connectivity index (χ3n) is 2.66. The standard InChI is InChI=1S/C12H17N3/c1-7(2)15-10(5)14-11-8(3)6-9(4)13-12(11)15/h6-7H,1-5H3. The Labute approximate surface area is 90.2 Å². The molecule has 0 aliphatic carbocycles. The summed E-state index contributed by atoms with van der Waals surface area (Å²) in [4.78, 5) is 9.15. The van der Waals surface area contributed by atoms with E-state index >= 15 is 0 Å². The van der Waals surface area contributed by atoms with Crippen LogP contribution in [0.4, 0.5) is 0 Å². The van der Waals surface area contributed by atoms with Gasteiger partial charge in [-0.15, -0.1) is 0 Å². The molecule has 0 fully saturated rings. The molecule has 0 radical (unpaired) electrons. The van der Waals surface area contributed by atoms with Gasteiger partial charge in [0.05, 0.1) is 0 Å². The summed E-state index contributed by atoms with van der Waals surface area (Å²) in [6.07, 6.45) is 0. The zero-order chi connectivity index (χ0) is 11.2. The quantitative estimate of drug-likeness (QED) is 0.713. The molecular formula is C12H17N3. The van der Waals surface area contributed by atoms with Crippen LogP contribution < -0.4 is 0 Å². The predicted molar refractivity (Wildman–Crippen MR) is 62.1 cm³/mol. The van der Waals surface area contributed by atoms with Gasteiger partial charge in [-0.1, -0.05) is 0 Å². The molecule has 0 saturated heterocycles. The zero-order valence-electron chi connectivity index (χ0n) is 10.00. The summed E-state index contributed by atoms with van der Waals surface area (Å²) in [5.74, 6) is 1.04. The summed E-state index contributed by atoms with van der Waals surface area (Å²) in [5, 5.41) is 0. The Balaban J connectivity index is 2.86. The molecule has 0 unspecified atom stereocenters. The molecule has 3 nitrogen and oxygen atoms in total. The number of rotatable bonds is 1. The lowest BCUT2D eigenvalue weighted by atomic mass is 10.2. The average Bonchev–Trinajstić information content (AvgIpc) is 2.41. The van der Waals surface area contributed by atoms with Crippen molar-refractivity contribution in [3.63, 3.8) is 0 Å². The highest BCUT2D eigenvalue weighted by atomic mass is 15.1. The third-order valence-corrected chi connectivity index (χ3v) is 2.66. The Bertz CT molecular complexity index is 509. The van der Waals surface area contributed by atoms with E-state index in [9.17, 15) is 0 Å². The molecule has 0 aliphatic heterocycles. The first-order valence-corrected chi connectivity index (χ1v) is 5.33. The smallest absolute Gasteiger partial charge is 0.160 e. The van der Waals surface area contributed by atoms with Crippen molar-refractivity contribution in [3.8, 4) is 0 Å². The Morgan fingerprint density at radius 1 is 1.13 bits per heavy atom. The molecule has 0 N–H and O–H groups in total. The summed E-state index contributed by atoms with van der Waals surface area (Å²) >= 11 is 0. The van der Waals surface area contributed by atoms with E-state index in [1.54, 1.807) is 0 Å². The molecule has 2 rings (SSSR count). The highest BCUT2D eigenvalue weighted by Gasteiger charge is 2.13. The van der Waals surface area contributed by atoms with Crippen LogP contribution in [0, 0.1) is 20.8 Å². The lowest BCUT2D eigenvalue weighted by Gasteiger charge is -2.10. The second-order valence-corrected chi connectivity index (χ2v) is 4.38. The summed E-state index contributed by atoms with van der Waals surface area (Å²) in [6, 6.07) is 2.49. The van der Waals surface area contributed by atoms with Crippen LogP contribution in [0.25, 0.3) is 11.2 Å². The highest BCUT2D eigenvalue weighted by Crippen LogP contribution is 2.22. The van der Waals surface area contributed by atoms with E-state index in [-0.39, 0.29) is 0 Å². The van der Waals surface area contributed by atoms with Crippen LogP contribution in [-0.4, -0.2) is 14.5 Å². The lowest BCUT2D eigenvalue weighted by Crippen LogP contribution is -2.04. The van der Waals surface area contributed by atoms with E-state index in [0.717, 1.165) is 22.7 Å². The van der Waals surface area contributed by atoms with Crippen LogP contribution >= 0.6 is 0 Å². The molecule has 0 amide bonds. The van der Waals surface area contributed by atoms with Gasteiger partial charge in [0, 0.05) is 11.7 Å². The van der Waals surface area contributed by atoms with Crippen molar-refractivity contribution in [2.45, 2.75) is 40.7 Å². The highest BCUT2D eigenvalue weighted by molar-refractivity contribution is 5.75. The first kappa shape index (κ1) is 10.1. The first-order valence-electron chi connectivity index (χ1n) is 5.33. The number of pyridine rings is 1. The minimum atomic E-state index is 0.406. The molecule has 0 atom stereocenters. The molecule has 80 valence electrons. The van der Waals surface area contributed by atoms with Crippen LogP contribution in [0.5, 0.6) is 0 Å².